The lowest BCUT2D eigenvalue weighted by Gasteiger charge is -2.28. The van der Waals surface area contributed by atoms with Crippen LogP contribution in [0.15, 0.2) is 54.6 Å². The average molecular weight is 683 g/mol. The van der Waals surface area contributed by atoms with E-state index in [0.29, 0.717) is 31.4 Å². The summed E-state index contributed by atoms with van der Waals surface area (Å²) in [5.74, 6) is 0.820. The van der Waals surface area contributed by atoms with Gasteiger partial charge in [-0.2, -0.15) is 0 Å². The number of nitrogens with one attached hydrogen (secondary N) is 2. The van der Waals surface area contributed by atoms with Crippen LogP contribution in [-0.2, 0) is 27.1 Å². The monoisotopic (exact) mass is 682 g/mol. The normalized spacial score (nSPS) is 16.5. The van der Waals surface area contributed by atoms with Crippen LogP contribution in [0.4, 0.5) is 9.59 Å². The van der Waals surface area contributed by atoms with Gasteiger partial charge in [0.15, 0.2) is 5.78 Å². The van der Waals surface area contributed by atoms with E-state index in [1.807, 2.05) is 42.5 Å². The second-order valence-corrected chi connectivity index (χ2v) is 15.2. The van der Waals surface area contributed by atoms with Crippen LogP contribution in [-0.4, -0.2) is 70.3 Å². The molecule has 1 saturated carbocycles. The van der Waals surface area contributed by atoms with Gasteiger partial charge in [0.25, 0.3) is 0 Å². The minimum atomic E-state index is -0.949. The highest BCUT2D eigenvalue weighted by molar-refractivity contribution is 5.82. The summed E-state index contributed by atoms with van der Waals surface area (Å²) in [7, 11) is 0. The Hall–Kier alpha value is -3.63. The molecule has 10 nitrogen and oxygen atoms in total. The van der Waals surface area contributed by atoms with Gasteiger partial charge in [0, 0.05) is 5.92 Å². The second kappa shape index (κ2) is 18.9. The largest absolute Gasteiger partial charge is 0.486 e. The fourth-order valence-electron chi connectivity index (χ4n) is 5.96. The highest BCUT2D eigenvalue weighted by Crippen LogP contribution is 2.25. The molecule has 4 unspecified atom stereocenters. The molecule has 4 N–H and O–H groups in total. The summed E-state index contributed by atoms with van der Waals surface area (Å²) in [6.45, 7) is 10.7. The van der Waals surface area contributed by atoms with Crippen LogP contribution in [0.25, 0.3) is 0 Å². The number of hydrogen-bond donors (Lipinski definition) is 4. The zero-order valence-electron chi connectivity index (χ0n) is 30.2. The van der Waals surface area contributed by atoms with E-state index in [0.717, 1.165) is 36.8 Å². The summed E-state index contributed by atoms with van der Waals surface area (Å²) < 4.78 is 16.7. The Bertz CT molecular complexity index is 1300. The zero-order chi connectivity index (χ0) is 36.0. The van der Waals surface area contributed by atoms with Crippen molar-refractivity contribution in [3.8, 4) is 5.75 Å². The first-order valence-electron chi connectivity index (χ1n) is 17.7. The second-order valence-electron chi connectivity index (χ2n) is 15.2. The third-order valence-electron chi connectivity index (χ3n) is 8.45. The highest BCUT2D eigenvalue weighted by Gasteiger charge is 2.28. The van der Waals surface area contributed by atoms with Crippen molar-refractivity contribution in [2.75, 3.05) is 6.61 Å². The van der Waals surface area contributed by atoms with Gasteiger partial charge in [-0.05, 0) is 110 Å². The van der Waals surface area contributed by atoms with Crippen LogP contribution in [0.5, 0.6) is 5.75 Å². The summed E-state index contributed by atoms with van der Waals surface area (Å²) in [4.78, 5) is 37.9. The molecule has 1 fully saturated rings. The Kier molecular flexibility index (Phi) is 15.4. The van der Waals surface area contributed by atoms with Crippen molar-refractivity contribution < 1.29 is 38.8 Å². The van der Waals surface area contributed by atoms with Crippen molar-refractivity contribution >= 4 is 18.0 Å². The Balaban J connectivity index is 1.61. The molecule has 0 radical (unpaired) electrons. The maximum absolute atomic E-state index is 12.8. The van der Waals surface area contributed by atoms with E-state index < -0.39 is 47.7 Å². The lowest BCUT2D eigenvalue weighted by molar-refractivity contribution is -0.125. The number of aliphatic hydroxyl groups is 2. The molecule has 49 heavy (non-hydrogen) atoms. The smallest absolute Gasteiger partial charge is 0.407 e. The Morgan fingerprint density at radius 1 is 0.714 bits per heavy atom. The van der Waals surface area contributed by atoms with Crippen LogP contribution in [0.1, 0.15) is 104 Å². The van der Waals surface area contributed by atoms with E-state index in [-0.39, 0.29) is 24.7 Å². The van der Waals surface area contributed by atoms with Gasteiger partial charge in [0.05, 0.1) is 24.3 Å². The number of amides is 2. The van der Waals surface area contributed by atoms with Gasteiger partial charge in [0.1, 0.15) is 23.6 Å². The highest BCUT2D eigenvalue weighted by atomic mass is 16.6. The molecular weight excluding hydrogens is 624 g/mol. The number of aliphatic hydroxyl groups excluding tert-OH is 2. The maximum Gasteiger partial charge on any atom is 0.407 e. The first-order valence-corrected chi connectivity index (χ1v) is 17.7. The van der Waals surface area contributed by atoms with Gasteiger partial charge >= 0.3 is 12.2 Å². The van der Waals surface area contributed by atoms with Crippen LogP contribution < -0.4 is 15.4 Å². The Morgan fingerprint density at radius 3 is 1.65 bits per heavy atom. The minimum absolute atomic E-state index is 0.0525. The molecule has 0 heterocycles. The maximum atomic E-state index is 12.8. The number of carbonyl (C=O) groups excluding carboxylic acids is 3. The van der Waals surface area contributed by atoms with Crippen molar-refractivity contribution in [2.45, 2.75) is 141 Å². The molecule has 2 amide bonds. The molecule has 2 aromatic carbocycles. The van der Waals surface area contributed by atoms with E-state index in [1.54, 1.807) is 53.7 Å². The number of ketones is 1. The van der Waals surface area contributed by atoms with Crippen LogP contribution in [0.2, 0.25) is 0 Å². The molecule has 3 rings (SSSR count). The zero-order valence-corrected chi connectivity index (χ0v) is 30.2. The summed E-state index contributed by atoms with van der Waals surface area (Å²) in [5.41, 5.74) is 0.410. The first kappa shape index (κ1) is 39.8. The van der Waals surface area contributed by atoms with Gasteiger partial charge < -0.3 is 35.1 Å². The number of rotatable bonds is 16. The number of hydrogen-bond acceptors (Lipinski definition) is 8. The number of Topliss-reactive ketones (excluding diaryl/α,β-unsaturated/α-hetero) is 1. The Labute approximate surface area is 292 Å². The molecule has 0 bridgehead atoms. The first-order chi connectivity index (χ1) is 23.1. The van der Waals surface area contributed by atoms with Gasteiger partial charge in [-0.3, -0.25) is 4.79 Å². The van der Waals surface area contributed by atoms with E-state index in [1.165, 1.54) is 6.42 Å². The predicted octanol–water partition coefficient (Wildman–Crippen LogP) is 6.68. The molecule has 0 aromatic heterocycles. The van der Waals surface area contributed by atoms with E-state index in [4.69, 9.17) is 14.2 Å². The van der Waals surface area contributed by atoms with Crippen molar-refractivity contribution in [3.05, 3.63) is 65.7 Å². The third-order valence-corrected chi connectivity index (χ3v) is 8.45. The molecule has 2 aromatic rings. The van der Waals surface area contributed by atoms with Crippen molar-refractivity contribution in [2.24, 2.45) is 5.92 Å². The van der Waals surface area contributed by atoms with Crippen LogP contribution in [0, 0.1) is 5.92 Å². The molecule has 4 atom stereocenters. The third kappa shape index (κ3) is 15.6. The molecule has 272 valence electrons. The molecule has 0 saturated heterocycles. The molecule has 1 aliphatic rings. The van der Waals surface area contributed by atoms with Gasteiger partial charge in [-0.1, -0.05) is 61.7 Å². The van der Waals surface area contributed by atoms with E-state index in [9.17, 15) is 24.6 Å². The topological polar surface area (TPSA) is 143 Å². The summed E-state index contributed by atoms with van der Waals surface area (Å²) in [6, 6.07) is 15.6. The minimum Gasteiger partial charge on any atom is -0.486 e. The summed E-state index contributed by atoms with van der Waals surface area (Å²) in [5, 5.41) is 28.1. The number of ether oxygens (including phenoxy) is 3. The molecule has 10 heteroatoms. The van der Waals surface area contributed by atoms with Gasteiger partial charge in [-0.15, -0.1) is 0 Å². The quantitative estimate of drug-likeness (QED) is 0.154. The van der Waals surface area contributed by atoms with E-state index >= 15 is 0 Å². The lowest BCUT2D eigenvalue weighted by atomic mass is 9.86. The Morgan fingerprint density at radius 2 is 1.18 bits per heavy atom. The number of carbonyl (C=O) groups is 3. The van der Waals surface area contributed by atoms with Gasteiger partial charge in [0.2, 0.25) is 0 Å². The van der Waals surface area contributed by atoms with Crippen molar-refractivity contribution in [3.63, 3.8) is 0 Å². The summed E-state index contributed by atoms with van der Waals surface area (Å²) >= 11 is 0. The average Bonchev–Trinajstić information content (AvgIpc) is 3.02. The lowest BCUT2D eigenvalue weighted by Crippen LogP contribution is -2.47. The fraction of sp³-hybridized carbons (Fsp3) is 0.615. The molecule has 0 aliphatic heterocycles. The molecular formula is C39H58N2O8. The van der Waals surface area contributed by atoms with Crippen LogP contribution >= 0.6 is 0 Å². The predicted molar refractivity (Wildman–Crippen MR) is 190 cm³/mol. The van der Waals surface area contributed by atoms with Crippen LogP contribution in [0.3, 0.4) is 0 Å². The molecule has 1 aliphatic carbocycles. The van der Waals surface area contributed by atoms with E-state index in [2.05, 4.69) is 10.6 Å². The standard InChI is InChI=1S/C39H58N2O8/c1-38(2,3)48-36(45)40-31(24-27-14-9-7-10-15-27)33(42)18-13-19-34(43)32(41-37(46)49-39(4,5)6)25-28-20-22-30(23-21-28)47-26-35(44)29-16-11-8-12-17-29/h7,9-10,14-15,20-23,29,31-34,42-43H,8,11-13,16-19,24-26H2,1-6H3,(H,40,45)(H,41,46). The van der Waals surface area contributed by atoms with Crippen molar-refractivity contribution in [1.82, 2.24) is 10.6 Å². The fourth-order valence-corrected chi connectivity index (χ4v) is 5.96. The van der Waals surface area contributed by atoms with Gasteiger partial charge in [-0.25, -0.2) is 9.59 Å². The summed E-state index contributed by atoms with van der Waals surface area (Å²) in [6.07, 6.45) is 3.88. The SMILES string of the molecule is CC(C)(C)OC(=O)NC(Cc1ccccc1)C(O)CCCC(O)C(Cc1ccc(OCC(=O)C2CCCCC2)cc1)NC(=O)OC(C)(C)C. The number of benzene rings is 2. The number of alkyl carbamates (subject to hydrolysis) is 2. The van der Waals surface area contributed by atoms with Crippen molar-refractivity contribution in [1.29, 1.82) is 0 Å². The molecule has 0 spiro atoms.